The highest BCUT2D eigenvalue weighted by Crippen LogP contribution is 2.14. The lowest BCUT2D eigenvalue weighted by Gasteiger charge is -2.10. The molecule has 1 aromatic heterocycles. The fraction of sp³-hybridized carbons (Fsp3) is 0.500. The van der Waals surface area contributed by atoms with E-state index in [9.17, 15) is 5.11 Å². The second kappa shape index (κ2) is 5.44. The first kappa shape index (κ1) is 11.6. The lowest BCUT2D eigenvalue weighted by Crippen LogP contribution is -2.18. The van der Waals surface area contributed by atoms with Gasteiger partial charge in [-0.25, -0.2) is 0 Å². The Hall–Kier alpha value is -0.450. The second-order valence-corrected chi connectivity index (χ2v) is 4.15. The molecule has 1 aromatic rings. The third kappa shape index (κ3) is 3.36. The Morgan fingerprint density at radius 2 is 2.36 bits per heavy atom. The molecular weight excluding hydrogens is 246 g/mol. The van der Waals surface area contributed by atoms with Gasteiger partial charge < -0.3 is 9.84 Å². The summed E-state index contributed by atoms with van der Waals surface area (Å²) < 4.78 is 5.81. The number of rotatable bonds is 4. The molecule has 0 fully saturated rings. The van der Waals surface area contributed by atoms with Crippen LogP contribution in [0.4, 0.5) is 0 Å². The number of aromatic nitrogens is 1. The van der Waals surface area contributed by atoms with E-state index in [1.165, 1.54) is 0 Å². The van der Waals surface area contributed by atoms with Gasteiger partial charge >= 0.3 is 0 Å². The molecule has 0 spiro atoms. The number of aliphatic hydroxyl groups is 1. The van der Waals surface area contributed by atoms with Crippen molar-refractivity contribution in [3.05, 3.63) is 28.0 Å². The summed E-state index contributed by atoms with van der Waals surface area (Å²) in [6, 6.07) is 1.99. The lowest BCUT2D eigenvalue weighted by atomic mass is 10.1. The summed E-state index contributed by atoms with van der Waals surface area (Å²) in [5.41, 5.74) is 1.99. The number of ether oxygens (including phenoxy) is 1. The minimum Gasteiger partial charge on any atom is -0.390 e. The molecule has 0 saturated heterocycles. The van der Waals surface area contributed by atoms with E-state index in [0.29, 0.717) is 13.0 Å². The standard InChI is InChI=1S/C10H14BrNO2/c1-7-3-8(11)5-12-10(7)4-9(13)6-14-2/h3,5,9,13H,4,6H2,1-2H3. The topological polar surface area (TPSA) is 42.4 Å². The van der Waals surface area contributed by atoms with Crippen molar-refractivity contribution in [2.45, 2.75) is 19.4 Å². The van der Waals surface area contributed by atoms with Crippen LogP contribution in [0.2, 0.25) is 0 Å². The average molecular weight is 260 g/mol. The smallest absolute Gasteiger partial charge is 0.0828 e. The summed E-state index contributed by atoms with van der Waals surface area (Å²) in [5.74, 6) is 0. The first-order valence-electron chi connectivity index (χ1n) is 4.41. The van der Waals surface area contributed by atoms with Gasteiger partial charge in [0.25, 0.3) is 0 Å². The zero-order valence-corrected chi connectivity index (χ0v) is 9.91. The van der Waals surface area contributed by atoms with Gasteiger partial charge in [-0.2, -0.15) is 0 Å². The normalized spacial score (nSPS) is 12.9. The van der Waals surface area contributed by atoms with E-state index in [1.807, 2.05) is 13.0 Å². The highest BCUT2D eigenvalue weighted by atomic mass is 79.9. The molecule has 1 atom stereocenters. The number of halogens is 1. The van der Waals surface area contributed by atoms with Crippen LogP contribution in [0.25, 0.3) is 0 Å². The average Bonchev–Trinajstić information content (AvgIpc) is 2.10. The quantitative estimate of drug-likeness (QED) is 0.896. The summed E-state index contributed by atoms with van der Waals surface area (Å²) >= 11 is 3.34. The van der Waals surface area contributed by atoms with Gasteiger partial charge in [0.2, 0.25) is 0 Å². The molecule has 0 aliphatic rings. The van der Waals surface area contributed by atoms with E-state index >= 15 is 0 Å². The SMILES string of the molecule is COCC(O)Cc1ncc(Br)cc1C. The molecule has 0 aliphatic carbocycles. The van der Waals surface area contributed by atoms with Crippen LogP contribution >= 0.6 is 15.9 Å². The van der Waals surface area contributed by atoms with Crippen molar-refractivity contribution in [2.75, 3.05) is 13.7 Å². The number of methoxy groups -OCH3 is 1. The molecule has 0 aliphatic heterocycles. The zero-order chi connectivity index (χ0) is 10.6. The molecule has 1 unspecified atom stereocenters. The number of nitrogens with zero attached hydrogens (tertiary/aromatic N) is 1. The predicted octanol–water partition coefficient (Wildman–Crippen LogP) is 1.70. The highest BCUT2D eigenvalue weighted by Gasteiger charge is 2.08. The molecule has 0 bridgehead atoms. The summed E-state index contributed by atoms with van der Waals surface area (Å²) in [6.07, 6.45) is 1.79. The number of hydrogen-bond donors (Lipinski definition) is 1. The molecule has 1 heterocycles. The summed E-state index contributed by atoms with van der Waals surface area (Å²) in [6.45, 7) is 2.32. The van der Waals surface area contributed by atoms with Crippen molar-refractivity contribution < 1.29 is 9.84 Å². The molecule has 1 N–H and O–H groups in total. The van der Waals surface area contributed by atoms with Crippen molar-refractivity contribution in [3.63, 3.8) is 0 Å². The van der Waals surface area contributed by atoms with E-state index < -0.39 is 6.10 Å². The molecule has 1 rings (SSSR count). The molecule has 4 heteroatoms. The summed E-state index contributed by atoms with van der Waals surface area (Å²) in [7, 11) is 1.57. The Bertz CT molecular complexity index is 304. The Kier molecular flexibility index (Phi) is 4.51. The molecule has 14 heavy (non-hydrogen) atoms. The van der Waals surface area contributed by atoms with Crippen LogP contribution in [0, 0.1) is 6.92 Å². The van der Waals surface area contributed by atoms with Gasteiger partial charge in [0, 0.05) is 29.9 Å². The third-order valence-corrected chi connectivity index (χ3v) is 2.38. The molecule has 3 nitrogen and oxygen atoms in total. The summed E-state index contributed by atoms with van der Waals surface area (Å²) in [5, 5.41) is 9.52. The fourth-order valence-electron chi connectivity index (χ4n) is 1.26. The van der Waals surface area contributed by atoms with Gasteiger partial charge in [-0.1, -0.05) is 0 Å². The Morgan fingerprint density at radius 1 is 1.64 bits per heavy atom. The second-order valence-electron chi connectivity index (χ2n) is 3.23. The Labute approximate surface area is 92.3 Å². The zero-order valence-electron chi connectivity index (χ0n) is 8.33. The van der Waals surface area contributed by atoms with Gasteiger partial charge in [-0.15, -0.1) is 0 Å². The van der Waals surface area contributed by atoms with E-state index in [-0.39, 0.29) is 0 Å². The van der Waals surface area contributed by atoms with Crippen LogP contribution in [-0.2, 0) is 11.2 Å². The molecular formula is C10H14BrNO2. The Balaban J connectivity index is 2.67. The largest absolute Gasteiger partial charge is 0.390 e. The van der Waals surface area contributed by atoms with Crippen molar-refractivity contribution in [3.8, 4) is 0 Å². The van der Waals surface area contributed by atoms with Crippen LogP contribution in [0.1, 0.15) is 11.3 Å². The van der Waals surface area contributed by atoms with Crippen LogP contribution in [0.15, 0.2) is 16.7 Å². The monoisotopic (exact) mass is 259 g/mol. The minimum atomic E-state index is -0.479. The maximum absolute atomic E-state index is 9.52. The number of aryl methyl sites for hydroxylation is 1. The molecule has 0 radical (unpaired) electrons. The summed E-state index contributed by atoms with van der Waals surface area (Å²) in [4.78, 5) is 4.24. The number of pyridine rings is 1. The predicted molar refractivity (Wildman–Crippen MR) is 58.3 cm³/mol. The first-order chi connectivity index (χ1) is 6.63. The molecule has 78 valence electrons. The highest BCUT2D eigenvalue weighted by molar-refractivity contribution is 9.10. The lowest BCUT2D eigenvalue weighted by molar-refractivity contribution is 0.0643. The van der Waals surface area contributed by atoms with Crippen molar-refractivity contribution >= 4 is 15.9 Å². The van der Waals surface area contributed by atoms with E-state index in [0.717, 1.165) is 15.7 Å². The minimum absolute atomic E-state index is 0.344. The number of hydrogen-bond acceptors (Lipinski definition) is 3. The van der Waals surface area contributed by atoms with Crippen LogP contribution in [-0.4, -0.2) is 29.9 Å². The number of aliphatic hydroxyl groups excluding tert-OH is 1. The van der Waals surface area contributed by atoms with Crippen molar-refractivity contribution in [2.24, 2.45) is 0 Å². The van der Waals surface area contributed by atoms with Gasteiger partial charge in [0.05, 0.1) is 12.7 Å². The van der Waals surface area contributed by atoms with Crippen LogP contribution in [0.5, 0.6) is 0 Å². The molecule has 0 saturated carbocycles. The van der Waals surface area contributed by atoms with Gasteiger partial charge in [0.15, 0.2) is 0 Å². The van der Waals surface area contributed by atoms with Gasteiger partial charge in [0.1, 0.15) is 0 Å². The Morgan fingerprint density at radius 3 is 2.93 bits per heavy atom. The van der Waals surface area contributed by atoms with Crippen molar-refractivity contribution in [1.29, 1.82) is 0 Å². The first-order valence-corrected chi connectivity index (χ1v) is 5.20. The third-order valence-electron chi connectivity index (χ3n) is 1.94. The maximum Gasteiger partial charge on any atom is 0.0828 e. The van der Waals surface area contributed by atoms with E-state index in [1.54, 1.807) is 13.3 Å². The van der Waals surface area contributed by atoms with E-state index in [4.69, 9.17) is 4.74 Å². The van der Waals surface area contributed by atoms with Crippen molar-refractivity contribution in [1.82, 2.24) is 4.98 Å². The fourth-order valence-corrected chi connectivity index (χ4v) is 1.70. The molecule has 0 aromatic carbocycles. The van der Waals surface area contributed by atoms with Gasteiger partial charge in [-0.3, -0.25) is 4.98 Å². The molecule has 0 amide bonds. The van der Waals surface area contributed by atoms with Gasteiger partial charge in [-0.05, 0) is 34.5 Å². The van der Waals surface area contributed by atoms with Crippen LogP contribution in [0.3, 0.4) is 0 Å². The van der Waals surface area contributed by atoms with Crippen LogP contribution < -0.4 is 0 Å². The van der Waals surface area contributed by atoms with E-state index in [2.05, 4.69) is 20.9 Å². The maximum atomic E-state index is 9.52.